The number of nitrogens with zero attached hydrogens (tertiary/aromatic N) is 1. The quantitative estimate of drug-likeness (QED) is 0.266. The van der Waals surface area contributed by atoms with E-state index in [1.807, 2.05) is 30.3 Å². The average molecular weight is 340 g/mol. The zero-order chi connectivity index (χ0) is 18.1. The fourth-order valence-corrected chi connectivity index (χ4v) is 2.02. The molecule has 6 heteroatoms. The van der Waals surface area contributed by atoms with Crippen LogP contribution in [0.5, 0.6) is 11.5 Å². The summed E-state index contributed by atoms with van der Waals surface area (Å²) >= 11 is 0. The summed E-state index contributed by atoms with van der Waals surface area (Å²) in [4.78, 5) is 23.9. The number of hydrazine groups is 1. The number of unbranched alkanes of at least 4 members (excludes halogenated alkanes) is 1. The molecule has 0 aliphatic carbocycles. The van der Waals surface area contributed by atoms with Crippen LogP contribution in [0.25, 0.3) is 0 Å². The number of amides is 2. The van der Waals surface area contributed by atoms with Crippen molar-refractivity contribution in [2.45, 2.75) is 12.8 Å². The Morgan fingerprint density at radius 3 is 2.44 bits per heavy atom. The van der Waals surface area contributed by atoms with Crippen LogP contribution in [0.1, 0.15) is 23.2 Å². The number of hydrogen-bond acceptors (Lipinski definition) is 5. The predicted molar refractivity (Wildman–Crippen MR) is 93.8 cm³/mol. The lowest BCUT2D eigenvalue weighted by atomic mass is 10.2. The van der Waals surface area contributed by atoms with Crippen molar-refractivity contribution in [1.29, 1.82) is 0 Å². The van der Waals surface area contributed by atoms with E-state index >= 15 is 0 Å². The molecular formula is C19H20N2O4. The molecule has 0 radical (unpaired) electrons. The lowest BCUT2D eigenvalue weighted by Crippen LogP contribution is -2.41. The molecule has 6 nitrogen and oxygen atoms in total. The fraction of sp³-hybridized carbons (Fsp3) is 0.158. The summed E-state index contributed by atoms with van der Waals surface area (Å²) in [6.45, 7) is 0.529. The minimum absolute atomic E-state index is 0.0315. The van der Waals surface area contributed by atoms with E-state index in [2.05, 4.69) is 0 Å². The van der Waals surface area contributed by atoms with Gasteiger partial charge in [0, 0.05) is 11.6 Å². The summed E-state index contributed by atoms with van der Waals surface area (Å²) in [6, 6.07) is 15.0. The molecule has 0 spiro atoms. The van der Waals surface area contributed by atoms with E-state index in [1.54, 1.807) is 6.08 Å². The third kappa shape index (κ3) is 5.78. The second-order valence-electron chi connectivity index (χ2n) is 5.27. The molecule has 0 unspecified atom stereocenters. The first kappa shape index (κ1) is 18.2. The van der Waals surface area contributed by atoms with Gasteiger partial charge in [0.1, 0.15) is 11.5 Å². The number of imide groups is 1. The fourth-order valence-electron chi connectivity index (χ4n) is 2.02. The van der Waals surface area contributed by atoms with Gasteiger partial charge < -0.3 is 9.84 Å². The second kappa shape index (κ2) is 9.24. The molecule has 2 amide bonds. The lowest BCUT2D eigenvalue weighted by Gasteiger charge is -2.12. The van der Waals surface area contributed by atoms with E-state index in [9.17, 15) is 14.7 Å². The number of phenols is 1. The number of carbonyl (C=O) groups is 2. The monoisotopic (exact) mass is 340 g/mol. The summed E-state index contributed by atoms with van der Waals surface area (Å²) in [7, 11) is 0. The maximum Gasteiger partial charge on any atom is 0.275 e. The van der Waals surface area contributed by atoms with Crippen LogP contribution in [-0.2, 0) is 4.79 Å². The smallest absolute Gasteiger partial charge is 0.275 e. The van der Waals surface area contributed by atoms with Gasteiger partial charge in [0.05, 0.1) is 6.61 Å². The van der Waals surface area contributed by atoms with Crippen molar-refractivity contribution >= 4 is 11.8 Å². The van der Waals surface area contributed by atoms with Gasteiger partial charge in [0.15, 0.2) is 0 Å². The van der Waals surface area contributed by atoms with E-state index in [4.69, 9.17) is 10.6 Å². The van der Waals surface area contributed by atoms with Crippen molar-refractivity contribution in [2.24, 2.45) is 5.84 Å². The van der Waals surface area contributed by atoms with Gasteiger partial charge in [-0.25, -0.2) is 10.9 Å². The van der Waals surface area contributed by atoms with Gasteiger partial charge in [-0.2, -0.15) is 0 Å². The largest absolute Gasteiger partial charge is 0.508 e. The maximum absolute atomic E-state index is 12.0. The van der Waals surface area contributed by atoms with Crippen LogP contribution in [-0.4, -0.2) is 28.5 Å². The van der Waals surface area contributed by atoms with Gasteiger partial charge in [-0.05, 0) is 49.2 Å². The summed E-state index contributed by atoms with van der Waals surface area (Å²) in [5, 5.41) is 9.75. The van der Waals surface area contributed by atoms with Crippen molar-refractivity contribution in [3.63, 3.8) is 0 Å². The average Bonchev–Trinajstić information content (AvgIpc) is 2.64. The van der Waals surface area contributed by atoms with E-state index in [-0.39, 0.29) is 11.3 Å². The highest BCUT2D eigenvalue weighted by Gasteiger charge is 2.17. The molecule has 0 saturated heterocycles. The molecule has 0 aliphatic rings. The molecule has 0 aromatic heterocycles. The highest BCUT2D eigenvalue weighted by atomic mass is 16.5. The second-order valence-corrected chi connectivity index (χ2v) is 5.27. The van der Waals surface area contributed by atoms with Crippen molar-refractivity contribution < 1.29 is 19.4 Å². The van der Waals surface area contributed by atoms with E-state index < -0.39 is 11.8 Å². The van der Waals surface area contributed by atoms with Gasteiger partial charge >= 0.3 is 0 Å². The minimum atomic E-state index is -0.637. The normalized spacial score (nSPS) is 10.6. The van der Waals surface area contributed by atoms with Crippen LogP contribution >= 0.6 is 0 Å². The number of aromatic hydroxyl groups is 1. The van der Waals surface area contributed by atoms with Crippen LogP contribution in [0.3, 0.4) is 0 Å². The third-order valence-electron chi connectivity index (χ3n) is 3.36. The molecule has 0 atom stereocenters. The van der Waals surface area contributed by atoms with Crippen LogP contribution in [0.4, 0.5) is 0 Å². The molecular weight excluding hydrogens is 320 g/mol. The number of allylic oxidation sites excluding steroid dienone is 1. The highest BCUT2D eigenvalue weighted by molar-refractivity contribution is 6.07. The topological polar surface area (TPSA) is 92.9 Å². The van der Waals surface area contributed by atoms with Crippen molar-refractivity contribution in [3.8, 4) is 11.5 Å². The van der Waals surface area contributed by atoms with E-state index in [0.29, 0.717) is 18.0 Å². The molecule has 0 saturated carbocycles. The highest BCUT2D eigenvalue weighted by Crippen LogP contribution is 2.11. The number of ether oxygens (including phenoxy) is 1. The molecule has 3 N–H and O–H groups in total. The summed E-state index contributed by atoms with van der Waals surface area (Å²) < 4.78 is 5.54. The van der Waals surface area contributed by atoms with Gasteiger partial charge in [-0.1, -0.05) is 24.3 Å². The zero-order valence-corrected chi connectivity index (χ0v) is 13.7. The predicted octanol–water partition coefficient (Wildman–Crippen LogP) is 2.65. The number of rotatable bonds is 7. The Kier molecular flexibility index (Phi) is 6.74. The molecule has 0 aliphatic heterocycles. The van der Waals surface area contributed by atoms with Gasteiger partial charge in [0.25, 0.3) is 11.8 Å². The number of phenolic OH excluding ortho intramolecular Hbond substituents is 1. The summed E-state index contributed by atoms with van der Waals surface area (Å²) in [5.74, 6) is 5.13. The lowest BCUT2D eigenvalue weighted by molar-refractivity contribution is -0.123. The number of nitrogens with two attached hydrogens (primary N) is 1. The minimum Gasteiger partial charge on any atom is -0.508 e. The van der Waals surface area contributed by atoms with Gasteiger partial charge in [0.2, 0.25) is 0 Å². The SMILES string of the molecule is NN(C(=O)C=CCCCOc1ccccc1)C(=O)c1ccc(O)cc1. The molecule has 2 aromatic rings. The molecule has 0 bridgehead atoms. The Balaban J connectivity index is 1.73. The molecule has 130 valence electrons. The maximum atomic E-state index is 12.0. The first-order valence-corrected chi connectivity index (χ1v) is 7.84. The third-order valence-corrected chi connectivity index (χ3v) is 3.36. The van der Waals surface area contributed by atoms with E-state index in [0.717, 1.165) is 12.2 Å². The van der Waals surface area contributed by atoms with Crippen molar-refractivity contribution in [2.75, 3.05) is 6.61 Å². The first-order chi connectivity index (χ1) is 12.1. The van der Waals surface area contributed by atoms with Gasteiger partial charge in [-0.15, -0.1) is 0 Å². The number of para-hydroxylation sites is 1. The Hall–Kier alpha value is -3.12. The molecule has 0 heterocycles. The Morgan fingerprint density at radius 1 is 1.08 bits per heavy atom. The van der Waals surface area contributed by atoms with Crippen LogP contribution in [0.15, 0.2) is 66.7 Å². The number of carbonyl (C=O) groups excluding carboxylic acids is 2. The zero-order valence-electron chi connectivity index (χ0n) is 13.7. The van der Waals surface area contributed by atoms with Crippen molar-refractivity contribution in [1.82, 2.24) is 5.01 Å². The number of benzene rings is 2. The summed E-state index contributed by atoms with van der Waals surface area (Å²) in [6.07, 6.45) is 4.27. The molecule has 25 heavy (non-hydrogen) atoms. The molecule has 2 rings (SSSR count). The first-order valence-electron chi connectivity index (χ1n) is 7.84. The van der Waals surface area contributed by atoms with Crippen LogP contribution in [0, 0.1) is 0 Å². The van der Waals surface area contributed by atoms with Crippen LogP contribution < -0.4 is 10.6 Å². The Labute approximate surface area is 146 Å². The molecule has 2 aromatic carbocycles. The van der Waals surface area contributed by atoms with Gasteiger partial charge in [-0.3, -0.25) is 9.59 Å². The van der Waals surface area contributed by atoms with Crippen LogP contribution in [0.2, 0.25) is 0 Å². The Bertz CT molecular complexity index is 727. The standard InChI is InChI=1S/C19H20N2O4/c20-21(19(24)15-10-12-16(22)13-11-15)18(23)9-5-2-6-14-25-17-7-3-1-4-8-17/h1,3-5,7-13,22H,2,6,14,20H2. The summed E-state index contributed by atoms with van der Waals surface area (Å²) in [5.41, 5.74) is 0.221. The van der Waals surface area contributed by atoms with E-state index in [1.165, 1.54) is 30.3 Å². The Morgan fingerprint density at radius 2 is 1.76 bits per heavy atom. The van der Waals surface area contributed by atoms with Crippen molar-refractivity contribution in [3.05, 3.63) is 72.3 Å². The number of hydrogen-bond donors (Lipinski definition) is 2. The molecule has 0 fully saturated rings.